The quantitative estimate of drug-likeness (QED) is 0.0266. The highest BCUT2D eigenvalue weighted by molar-refractivity contribution is 5.70. The summed E-state index contributed by atoms with van der Waals surface area (Å²) >= 11 is 0. The van der Waals surface area contributed by atoms with Crippen LogP contribution in [0.4, 0.5) is 0 Å². The van der Waals surface area contributed by atoms with E-state index in [0.29, 0.717) is 12.8 Å². The summed E-state index contributed by atoms with van der Waals surface area (Å²) in [6, 6.07) is -0.724. The molecule has 54 heavy (non-hydrogen) atoms. The zero-order valence-corrected chi connectivity index (χ0v) is 35.6. The van der Waals surface area contributed by atoms with Crippen LogP contribution in [0.2, 0.25) is 0 Å². The van der Waals surface area contributed by atoms with Crippen LogP contribution in [0.3, 0.4) is 0 Å². The molecule has 0 heterocycles. The van der Waals surface area contributed by atoms with E-state index in [2.05, 4.69) is 50.3 Å². The minimum Gasteiger partial charge on any atom is -0.544 e. The number of carbonyl (C=O) groups excluding carboxylic acids is 3. The van der Waals surface area contributed by atoms with E-state index in [-0.39, 0.29) is 42.7 Å². The largest absolute Gasteiger partial charge is 0.544 e. The summed E-state index contributed by atoms with van der Waals surface area (Å²) in [5.41, 5.74) is 0. The van der Waals surface area contributed by atoms with E-state index in [1.807, 2.05) is 0 Å². The van der Waals surface area contributed by atoms with Crippen LogP contribution in [0.5, 0.6) is 0 Å². The number of carboxylic acids is 1. The van der Waals surface area contributed by atoms with Gasteiger partial charge in [0.15, 0.2) is 6.10 Å². The van der Waals surface area contributed by atoms with Crippen molar-refractivity contribution in [2.24, 2.45) is 0 Å². The van der Waals surface area contributed by atoms with Crippen LogP contribution in [0.15, 0.2) is 36.5 Å². The lowest BCUT2D eigenvalue weighted by atomic mass is 10.1. The zero-order valence-electron chi connectivity index (χ0n) is 35.6. The molecule has 0 aromatic heterocycles. The first-order valence-electron chi connectivity index (χ1n) is 22.0. The van der Waals surface area contributed by atoms with Crippen molar-refractivity contribution in [3.63, 3.8) is 0 Å². The molecule has 0 aromatic rings. The van der Waals surface area contributed by atoms with Crippen molar-refractivity contribution in [1.82, 2.24) is 0 Å². The fourth-order valence-corrected chi connectivity index (χ4v) is 6.38. The minimum absolute atomic E-state index is 0.0409. The number of esters is 2. The predicted octanol–water partition coefficient (Wildman–Crippen LogP) is 10.5. The van der Waals surface area contributed by atoms with E-state index in [4.69, 9.17) is 14.2 Å². The smallest absolute Gasteiger partial charge is 0.306 e. The Morgan fingerprint density at radius 2 is 1.04 bits per heavy atom. The lowest BCUT2D eigenvalue weighted by Crippen LogP contribution is -2.55. The summed E-state index contributed by atoms with van der Waals surface area (Å²) in [5, 5.41) is 11.6. The molecule has 0 aliphatic carbocycles. The molecular weight excluding hydrogens is 679 g/mol. The van der Waals surface area contributed by atoms with Crippen LogP contribution in [-0.4, -0.2) is 75.5 Å². The van der Waals surface area contributed by atoms with Gasteiger partial charge in [-0.05, 0) is 44.9 Å². The lowest BCUT2D eigenvalue weighted by Gasteiger charge is -2.34. The Morgan fingerprint density at radius 1 is 0.574 bits per heavy atom. The number of quaternary nitrogens is 1. The second-order valence-corrected chi connectivity index (χ2v) is 15.9. The van der Waals surface area contributed by atoms with Gasteiger partial charge in [0.2, 0.25) is 0 Å². The number of hydrogen-bond donors (Lipinski definition) is 0. The van der Waals surface area contributed by atoms with Crippen molar-refractivity contribution >= 4 is 17.9 Å². The molecule has 0 radical (unpaired) electrons. The second kappa shape index (κ2) is 37.5. The van der Waals surface area contributed by atoms with Crippen molar-refractivity contribution in [2.75, 3.05) is 41.0 Å². The van der Waals surface area contributed by atoms with Gasteiger partial charge >= 0.3 is 11.9 Å². The Hall–Kier alpha value is -2.45. The first-order valence-corrected chi connectivity index (χ1v) is 22.0. The summed E-state index contributed by atoms with van der Waals surface area (Å²) in [5.74, 6) is -1.74. The molecule has 0 aromatic carbocycles. The number of allylic oxidation sites excluding steroid dienone is 6. The molecule has 0 aliphatic rings. The molecule has 0 rings (SSSR count). The van der Waals surface area contributed by atoms with Gasteiger partial charge in [-0.2, -0.15) is 0 Å². The number of unbranched alkanes of at least 4 members (excludes halogenated alkanes) is 19. The Labute approximate surface area is 332 Å². The fourth-order valence-electron chi connectivity index (χ4n) is 6.38. The molecule has 0 bridgehead atoms. The average Bonchev–Trinajstić information content (AvgIpc) is 3.12. The van der Waals surface area contributed by atoms with Crippen molar-refractivity contribution in [2.45, 2.75) is 199 Å². The molecule has 0 saturated carbocycles. The monoisotopic (exact) mass is 762 g/mol. The fraction of sp³-hybridized carbons (Fsp3) is 0.804. The summed E-state index contributed by atoms with van der Waals surface area (Å²) in [7, 11) is 5.40. The minimum atomic E-state index is -1.13. The molecule has 0 saturated heterocycles. The van der Waals surface area contributed by atoms with Gasteiger partial charge in [0, 0.05) is 19.3 Å². The molecule has 8 nitrogen and oxygen atoms in total. The Balaban J connectivity index is 4.30. The molecule has 0 amide bonds. The number of carbonyl (C=O) groups is 3. The third-order valence-electron chi connectivity index (χ3n) is 9.79. The van der Waals surface area contributed by atoms with Crippen LogP contribution in [0.25, 0.3) is 0 Å². The predicted molar refractivity (Wildman–Crippen MR) is 222 cm³/mol. The number of nitrogens with zero attached hydrogens (tertiary/aromatic N) is 1. The van der Waals surface area contributed by atoms with Crippen LogP contribution in [0.1, 0.15) is 187 Å². The van der Waals surface area contributed by atoms with E-state index < -0.39 is 18.1 Å². The van der Waals surface area contributed by atoms with E-state index in [0.717, 1.165) is 64.2 Å². The van der Waals surface area contributed by atoms with Crippen molar-refractivity contribution in [3.8, 4) is 0 Å². The molecule has 2 unspecified atom stereocenters. The molecule has 2 atom stereocenters. The van der Waals surface area contributed by atoms with Crippen molar-refractivity contribution in [3.05, 3.63) is 36.5 Å². The Morgan fingerprint density at radius 3 is 1.54 bits per heavy atom. The molecule has 8 heteroatoms. The number of ether oxygens (including phenoxy) is 3. The Kier molecular flexibility index (Phi) is 35.8. The van der Waals surface area contributed by atoms with Gasteiger partial charge in [0.25, 0.3) is 0 Å². The summed E-state index contributed by atoms with van der Waals surface area (Å²) in [6.45, 7) is 4.54. The van der Waals surface area contributed by atoms with Crippen LogP contribution >= 0.6 is 0 Å². The summed E-state index contributed by atoms with van der Waals surface area (Å²) < 4.78 is 17.2. The van der Waals surface area contributed by atoms with E-state index in [1.54, 1.807) is 21.1 Å². The summed E-state index contributed by atoms with van der Waals surface area (Å²) in [4.78, 5) is 36.8. The molecule has 0 N–H and O–H groups in total. The standard InChI is InChI=1S/C46H83NO7/c1-6-8-10-12-14-16-18-19-20-21-22-23-24-25-27-29-31-33-35-37-45(49)54-42(40-52-39-38-43(46(50)51)47(3,4)5)41-53-44(48)36-34-32-30-28-26-17-15-13-11-9-7-2/h8,10,14,16,19-20,42-43H,6-7,9,11-13,15,17-18,21-41H2,1-5H3/b10-8+,16-14+,20-19+. The van der Waals surface area contributed by atoms with Gasteiger partial charge in [-0.15, -0.1) is 0 Å². The topological polar surface area (TPSA) is 102 Å². The Bertz CT molecular complexity index is 984. The van der Waals surface area contributed by atoms with E-state index in [1.165, 1.54) is 89.9 Å². The molecular formula is C46H83NO7. The molecule has 0 spiro atoms. The third-order valence-corrected chi connectivity index (χ3v) is 9.79. The zero-order chi connectivity index (χ0) is 40.0. The first kappa shape index (κ1) is 51.5. The second-order valence-electron chi connectivity index (χ2n) is 15.9. The van der Waals surface area contributed by atoms with Crippen molar-refractivity contribution < 1.29 is 38.2 Å². The highest BCUT2D eigenvalue weighted by Gasteiger charge is 2.25. The number of likely N-dealkylation sites (N-methyl/N-ethyl adjacent to an activating group) is 1. The van der Waals surface area contributed by atoms with E-state index >= 15 is 0 Å². The van der Waals surface area contributed by atoms with Gasteiger partial charge in [-0.25, -0.2) is 0 Å². The van der Waals surface area contributed by atoms with E-state index in [9.17, 15) is 19.5 Å². The van der Waals surface area contributed by atoms with Crippen molar-refractivity contribution in [1.29, 1.82) is 0 Å². The maximum absolute atomic E-state index is 12.7. The van der Waals surface area contributed by atoms with Gasteiger partial charge in [-0.3, -0.25) is 9.59 Å². The first-order chi connectivity index (χ1) is 26.1. The third kappa shape index (κ3) is 35.3. The van der Waals surface area contributed by atoms with Gasteiger partial charge in [-0.1, -0.05) is 159 Å². The highest BCUT2D eigenvalue weighted by Crippen LogP contribution is 2.15. The number of hydrogen-bond acceptors (Lipinski definition) is 7. The molecule has 314 valence electrons. The number of aliphatic carboxylic acids is 1. The van der Waals surface area contributed by atoms with Crippen LogP contribution < -0.4 is 5.11 Å². The SMILES string of the molecule is CC/C=C/C/C=C/C/C=C/CCCCCCCCCCCC(=O)OC(COCCC(C(=O)[O-])[N+](C)(C)C)COC(=O)CCCCCCCCCCCCC. The van der Waals surface area contributed by atoms with Gasteiger partial charge in [0.1, 0.15) is 12.6 Å². The number of rotatable bonds is 39. The molecule has 0 aliphatic heterocycles. The maximum Gasteiger partial charge on any atom is 0.306 e. The number of carboxylic acid groups (broad SMARTS) is 1. The normalized spacial score (nSPS) is 13.3. The molecule has 0 fully saturated rings. The van der Waals surface area contributed by atoms with Crippen LogP contribution in [-0.2, 0) is 28.6 Å². The summed E-state index contributed by atoms with van der Waals surface area (Å²) in [6.07, 6.45) is 41.6. The average molecular weight is 762 g/mol. The lowest BCUT2D eigenvalue weighted by molar-refractivity contribution is -0.889. The van der Waals surface area contributed by atoms with Gasteiger partial charge < -0.3 is 28.6 Å². The maximum atomic E-state index is 12.7. The highest BCUT2D eigenvalue weighted by atomic mass is 16.6. The van der Waals surface area contributed by atoms with Gasteiger partial charge in [0.05, 0.1) is 40.3 Å². The van der Waals surface area contributed by atoms with Crippen LogP contribution in [0, 0.1) is 0 Å².